The van der Waals surface area contributed by atoms with Crippen LogP contribution in [-0.4, -0.2) is 57.8 Å². The summed E-state index contributed by atoms with van der Waals surface area (Å²) in [5.41, 5.74) is 1.34. The van der Waals surface area contributed by atoms with Crippen molar-refractivity contribution in [3.8, 4) is 0 Å². The highest BCUT2D eigenvalue weighted by atomic mass is 127. The molecule has 0 aliphatic rings. The van der Waals surface area contributed by atoms with Crippen LogP contribution in [0.15, 0.2) is 35.3 Å². The van der Waals surface area contributed by atoms with E-state index in [1.165, 1.54) is 5.56 Å². The van der Waals surface area contributed by atoms with Crippen LogP contribution in [0.4, 0.5) is 0 Å². The summed E-state index contributed by atoms with van der Waals surface area (Å²) in [6, 6.07) is 10.5. The van der Waals surface area contributed by atoms with E-state index in [4.69, 9.17) is 4.74 Å². The van der Waals surface area contributed by atoms with Crippen LogP contribution >= 0.6 is 24.0 Å². The van der Waals surface area contributed by atoms with Crippen molar-refractivity contribution in [1.82, 2.24) is 15.5 Å². The Morgan fingerprint density at radius 1 is 1.16 bits per heavy atom. The maximum absolute atomic E-state index is 5.57. The first-order chi connectivity index (χ1) is 11.6. The number of halogens is 1. The van der Waals surface area contributed by atoms with Crippen molar-refractivity contribution < 1.29 is 4.74 Å². The van der Waals surface area contributed by atoms with Gasteiger partial charge in [-0.25, -0.2) is 0 Å². The number of aliphatic imine (C=N–C) groups is 1. The van der Waals surface area contributed by atoms with Crippen molar-refractivity contribution in [1.29, 1.82) is 0 Å². The Morgan fingerprint density at radius 2 is 1.84 bits per heavy atom. The first-order valence-corrected chi connectivity index (χ1v) is 8.86. The van der Waals surface area contributed by atoms with E-state index in [1.807, 2.05) is 0 Å². The summed E-state index contributed by atoms with van der Waals surface area (Å²) in [5, 5.41) is 6.67. The van der Waals surface area contributed by atoms with E-state index in [-0.39, 0.29) is 24.0 Å². The predicted molar refractivity (Wildman–Crippen MR) is 118 cm³/mol. The third-order valence-electron chi connectivity index (χ3n) is 3.51. The molecule has 6 heteroatoms. The molecule has 0 spiro atoms. The molecule has 0 aliphatic carbocycles. The van der Waals surface area contributed by atoms with Gasteiger partial charge in [0, 0.05) is 46.4 Å². The van der Waals surface area contributed by atoms with E-state index in [2.05, 4.69) is 71.8 Å². The highest BCUT2D eigenvalue weighted by molar-refractivity contribution is 14.0. The normalized spacial score (nSPS) is 11.5. The van der Waals surface area contributed by atoms with Gasteiger partial charge in [-0.3, -0.25) is 4.99 Å². The van der Waals surface area contributed by atoms with E-state index >= 15 is 0 Å². The van der Waals surface area contributed by atoms with Gasteiger partial charge >= 0.3 is 0 Å². The van der Waals surface area contributed by atoms with E-state index in [9.17, 15) is 0 Å². The van der Waals surface area contributed by atoms with E-state index in [0.29, 0.717) is 5.92 Å². The minimum absolute atomic E-state index is 0. The molecule has 0 aliphatic heterocycles. The zero-order valence-corrected chi connectivity index (χ0v) is 18.5. The molecule has 1 aromatic carbocycles. The number of hydrogen-bond donors (Lipinski definition) is 2. The fourth-order valence-corrected chi connectivity index (χ4v) is 2.26. The molecule has 0 saturated heterocycles. The summed E-state index contributed by atoms with van der Waals surface area (Å²) in [6.07, 6.45) is 0.987. The molecule has 0 aromatic heterocycles. The number of hydrogen-bond acceptors (Lipinski definition) is 3. The maximum atomic E-state index is 5.57. The van der Waals surface area contributed by atoms with Crippen LogP contribution in [0.5, 0.6) is 0 Å². The van der Waals surface area contributed by atoms with Crippen molar-refractivity contribution in [2.75, 3.05) is 46.9 Å². The lowest BCUT2D eigenvalue weighted by Gasteiger charge is -2.18. The van der Waals surface area contributed by atoms with Gasteiger partial charge in [-0.05, 0) is 24.9 Å². The first-order valence-electron chi connectivity index (χ1n) is 8.86. The van der Waals surface area contributed by atoms with Gasteiger partial charge in [0.1, 0.15) is 0 Å². The average Bonchev–Trinajstić information content (AvgIpc) is 2.57. The zero-order valence-electron chi connectivity index (χ0n) is 16.1. The molecule has 0 amide bonds. The number of guanidine groups is 1. The molecule has 0 radical (unpaired) electrons. The van der Waals surface area contributed by atoms with Gasteiger partial charge in [0.15, 0.2) is 5.96 Å². The van der Waals surface area contributed by atoms with Crippen LogP contribution < -0.4 is 10.6 Å². The fourth-order valence-electron chi connectivity index (χ4n) is 2.26. The maximum Gasteiger partial charge on any atom is 0.191 e. The molecule has 144 valence electrons. The summed E-state index contributed by atoms with van der Waals surface area (Å²) in [4.78, 5) is 6.55. The zero-order chi connectivity index (χ0) is 17.6. The molecule has 0 heterocycles. The van der Waals surface area contributed by atoms with Gasteiger partial charge in [-0.2, -0.15) is 0 Å². The van der Waals surface area contributed by atoms with Crippen molar-refractivity contribution in [3.05, 3.63) is 35.9 Å². The second-order valence-electron chi connectivity index (χ2n) is 6.47. The van der Waals surface area contributed by atoms with Crippen LogP contribution in [-0.2, 0) is 11.3 Å². The Kier molecular flexibility index (Phi) is 14.9. The molecule has 5 nitrogen and oxygen atoms in total. The van der Waals surface area contributed by atoms with Gasteiger partial charge in [0.25, 0.3) is 0 Å². The molecule has 0 atom stereocenters. The summed E-state index contributed by atoms with van der Waals surface area (Å²) in [6.45, 7) is 9.62. The van der Waals surface area contributed by atoms with Crippen LogP contribution in [0.25, 0.3) is 0 Å². The molecule has 1 rings (SSSR count). The van der Waals surface area contributed by atoms with Crippen molar-refractivity contribution in [3.63, 3.8) is 0 Å². The van der Waals surface area contributed by atoms with E-state index in [1.54, 1.807) is 7.05 Å². The quantitative estimate of drug-likeness (QED) is 0.230. The van der Waals surface area contributed by atoms with Crippen LogP contribution in [0.1, 0.15) is 25.8 Å². The Bertz CT molecular complexity index is 454. The fraction of sp³-hybridized carbons (Fsp3) is 0.632. The van der Waals surface area contributed by atoms with Gasteiger partial charge in [-0.1, -0.05) is 44.2 Å². The Balaban J connectivity index is 0.00000576. The molecular weight excluding hydrogens is 427 g/mol. The number of rotatable bonds is 11. The molecule has 0 saturated carbocycles. The van der Waals surface area contributed by atoms with Crippen LogP contribution in [0, 0.1) is 5.92 Å². The summed E-state index contributed by atoms with van der Waals surface area (Å²) >= 11 is 0. The number of ether oxygens (including phenoxy) is 1. The topological polar surface area (TPSA) is 48.9 Å². The lowest BCUT2D eigenvalue weighted by molar-refractivity contribution is 0.108. The highest BCUT2D eigenvalue weighted by Crippen LogP contribution is 2.01. The minimum atomic E-state index is 0. The molecule has 0 bridgehead atoms. The smallest absolute Gasteiger partial charge is 0.191 e. The SMILES string of the molecule is CN=C(NCCCOCC(C)C)NCCN(C)Cc1ccccc1.I. The van der Waals surface area contributed by atoms with Gasteiger partial charge in [-0.15, -0.1) is 24.0 Å². The number of nitrogens with zero attached hydrogens (tertiary/aromatic N) is 2. The lowest BCUT2D eigenvalue weighted by Crippen LogP contribution is -2.41. The van der Waals surface area contributed by atoms with Gasteiger partial charge in [0.05, 0.1) is 0 Å². The predicted octanol–water partition coefficient (Wildman–Crippen LogP) is 2.96. The molecule has 0 fully saturated rings. The molecule has 0 unspecified atom stereocenters. The Hall–Kier alpha value is -0.860. The average molecular weight is 462 g/mol. The summed E-state index contributed by atoms with van der Waals surface area (Å²) < 4.78 is 5.57. The first kappa shape index (κ1) is 24.1. The highest BCUT2D eigenvalue weighted by Gasteiger charge is 2.01. The largest absolute Gasteiger partial charge is 0.381 e. The van der Waals surface area contributed by atoms with Crippen LogP contribution in [0.2, 0.25) is 0 Å². The van der Waals surface area contributed by atoms with E-state index < -0.39 is 0 Å². The molecule has 1 aromatic rings. The second kappa shape index (κ2) is 15.4. The third kappa shape index (κ3) is 13.1. The number of nitrogens with one attached hydrogen (secondary N) is 2. The third-order valence-corrected chi connectivity index (χ3v) is 3.51. The standard InChI is InChI=1S/C19H34N4O.HI/c1-17(2)16-24-14-8-11-21-19(20-3)22-12-13-23(4)15-18-9-6-5-7-10-18;/h5-7,9-10,17H,8,11-16H2,1-4H3,(H2,20,21,22);1H. The van der Waals surface area contributed by atoms with Gasteiger partial charge < -0.3 is 20.3 Å². The number of likely N-dealkylation sites (N-methyl/N-ethyl adjacent to an activating group) is 1. The van der Waals surface area contributed by atoms with Crippen molar-refractivity contribution in [2.24, 2.45) is 10.9 Å². The second-order valence-corrected chi connectivity index (χ2v) is 6.47. The monoisotopic (exact) mass is 462 g/mol. The molecular formula is C19H35IN4O. The Morgan fingerprint density at radius 3 is 2.48 bits per heavy atom. The Labute approximate surface area is 170 Å². The lowest BCUT2D eigenvalue weighted by atomic mass is 10.2. The van der Waals surface area contributed by atoms with Crippen LogP contribution in [0.3, 0.4) is 0 Å². The minimum Gasteiger partial charge on any atom is -0.381 e. The van der Waals surface area contributed by atoms with Gasteiger partial charge in [0.2, 0.25) is 0 Å². The van der Waals surface area contributed by atoms with E-state index in [0.717, 1.165) is 51.8 Å². The molecule has 2 N–H and O–H groups in total. The summed E-state index contributed by atoms with van der Waals surface area (Å²) in [5.74, 6) is 1.45. The molecule has 25 heavy (non-hydrogen) atoms. The van der Waals surface area contributed by atoms with Crippen molar-refractivity contribution in [2.45, 2.75) is 26.8 Å². The number of benzene rings is 1. The van der Waals surface area contributed by atoms with Crippen molar-refractivity contribution >= 4 is 29.9 Å². The summed E-state index contributed by atoms with van der Waals surface area (Å²) in [7, 11) is 3.94.